The Bertz CT molecular complexity index is 585. The van der Waals surface area contributed by atoms with E-state index in [2.05, 4.69) is 5.32 Å². The third-order valence-electron chi connectivity index (χ3n) is 3.26. The van der Waals surface area contributed by atoms with Crippen molar-refractivity contribution in [3.63, 3.8) is 0 Å². The molecular weight excluding hydrogens is 256 g/mol. The molecule has 0 aliphatic carbocycles. The highest BCUT2D eigenvalue weighted by Gasteiger charge is 2.18. The van der Waals surface area contributed by atoms with Gasteiger partial charge in [0.25, 0.3) is 5.91 Å². The van der Waals surface area contributed by atoms with Crippen molar-refractivity contribution in [1.29, 1.82) is 0 Å². The van der Waals surface area contributed by atoms with Crippen molar-refractivity contribution < 1.29 is 14.7 Å². The number of carboxylic acid groups (broad SMARTS) is 1. The lowest BCUT2D eigenvalue weighted by atomic mass is 10.0. The molecule has 106 valence electrons. The molecule has 0 bridgehead atoms. The number of aromatic nitrogens is 1. The fraction of sp³-hybridized carbons (Fsp3) is 0.333. The van der Waals surface area contributed by atoms with Crippen molar-refractivity contribution in [3.8, 4) is 0 Å². The van der Waals surface area contributed by atoms with E-state index in [0.717, 1.165) is 11.9 Å². The first-order valence-electron chi connectivity index (χ1n) is 6.69. The Morgan fingerprint density at radius 3 is 2.85 bits per heavy atom. The van der Waals surface area contributed by atoms with Gasteiger partial charge < -0.3 is 14.8 Å². The molecule has 0 spiro atoms. The minimum Gasteiger partial charge on any atom is -0.481 e. The highest BCUT2D eigenvalue weighted by atomic mass is 16.4. The molecule has 0 saturated carbocycles. The molecule has 20 heavy (non-hydrogen) atoms. The van der Waals surface area contributed by atoms with Gasteiger partial charge in [0.05, 0.1) is 11.5 Å². The standard InChI is InChI=1S/C15H18N2O3/c1-2-5-11(15(19)20)9-16-14(18)12-8-13-6-3-4-7-17(13)10-12/h3-4,6-8,10-11H,2,5,9H2,1H3,(H,16,18)(H,19,20). The van der Waals surface area contributed by atoms with E-state index in [1.54, 1.807) is 12.3 Å². The SMILES string of the molecule is CCCC(CNC(=O)c1cc2ccccn2c1)C(=O)O. The lowest BCUT2D eigenvalue weighted by Gasteiger charge is -2.11. The summed E-state index contributed by atoms with van der Waals surface area (Å²) in [6.45, 7) is 2.09. The maximum Gasteiger partial charge on any atom is 0.308 e. The van der Waals surface area contributed by atoms with E-state index < -0.39 is 11.9 Å². The van der Waals surface area contributed by atoms with E-state index in [-0.39, 0.29) is 12.5 Å². The number of aliphatic carboxylic acids is 1. The van der Waals surface area contributed by atoms with Crippen LogP contribution >= 0.6 is 0 Å². The van der Waals surface area contributed by atoms with Gasteiger partial charge in [-0.1, -0.05) is 19.4 Å². The van der Waals surface area contributed by atoms with Crippen molar-refractivity contribution >= 4 is 17.4 Å². The van der Waals surface area contributed by atoms with Crippen molar-refractivity contribution in [2.45, 2.75) is 19.8 Å². The first-order valence-corrected chi connectivity index (χ1v) is 6.69. The van der Waals surface area contributed by atoms with Crippen molar-refractivity contribution in [1.82, 2.24) is 9.72 Å². The zero-order chi connectivity index (χ0) is 14.5. The van der Waals surface area contributed by atoms with E-state index in [9.17, 15) is 9.59 Å². The molecule has 5 nitrogen and oxygen atoms in total. The van der Waals surface area contributed by atoms with Crippen LogP contribution in [-0.4, -0.2) is 27.9 Å². The predicted molar refractivity (Wildman–Crippen MR) is 75.8 cm³/mol. The van der Waals surface area contributed by atoms with Gasteiger partial charge in [-0.05, 0) is 24.6 Å². The number of rotatable bonds is 6. The summed E-state index contributed by atoms with van der Waals surface area (Å²) in [6.07, 6.45) is 4.94. The van der Waals surface area contributed by atoms with Crippen LogP contribution in [0, 0.1) is 5.92 Å². The second-order valence-electron chi connectivity index (χ2n) is 4.80. The minimum atomic E-state index is -0.866. The smallest absolute Gasteiger partial charge is 0.308 e. The van der Waals surface area contributed by atoms with E-state index in [0.29, 0.717) is 12.0 Å². The number of hydrogen-bond acceptors (Lipinski definition) is 2. The van der Waals surface area contributed by atoms with Crippen LogP contribution in [0.5, 0.6) is 0 Å². The van der Waals surface area contributed by atoms with Gasteiger partial charge in [0, 0.05) is 24.5 Å². The summed E-state index contributed by atoms with van der Waals surface area (Å²) in [5.74, 6) is -1.63. The molecule has 2 rings (SSSR count). The molecule has 2 aromatic heterocycles. The summed E-state index contributed by atoms with van der Waals surface area (Å²) in [5.41, 5.74) is 1.47. The number of fused-ring (bicyclic) bond motifs is 1. The molecule has 2 heterocycles. The molecule has 0 radical (unpaired) electrons. The number of pyridine rings is 1. The minimum absolute atomic E-state index is 0.161. The van der Waals surface area contributed by atoms with Gasteiger partial charge in [-0.25, -0.2) is 0 Å². The monoisotopic (exact) mass is 274 g/mol. The fourth-order valence-corrected chi connectivity index (χ4v) is 2.16. The Balaban J connectivity index is 2.02. The highest BCUT2D eigenvalue weighted by Crippen LogP contribution is 2.10. The number of hydrogen-bond donors (Lipinski definition) is 2. The molecule has 0 aromatic carbocycles. The summed E-state index contributed by atoms with van der Waals surface area (Å²) < 4.78 is 1.86. The van der Waals surface area contributed by atoms with E-state index >= 15 is 0 Å². The summed E-state index contributed by atoms with van der Waals surface area (Å²) >= 11 is 0. The third-order valence-corrected chi connectivity index (χ3v) is 3.26. The lowest BCUT2D eigenvalue weighted by molar-refractivity contribution is -0.141. The van der Waals surface area contributed by atoms with Crippen LogP contribution in [-0.2, 0) is 4.79 Å². The molecule has 0 aliphatic rings. The molecule has 0 saturated heterocycles. The van der Waals surface area contributed by atoms with Crippen LogP contribution in [0.25, 0.3) is 5.52 Å². The molecule has 1 unspecified atom stereocenters. The van der Waals surface area contributed by atoms with E-state index in [1.807, 2.05) is 35.7 Å². The predicted octanol–water partition coefficient (Wildman–Crippen LogP) is 2.17. The summed E-state index contributed by atoms with van der Waals surface area (Å²) in [5, 5.41) is 11.7. The Morgan fingerprint density at radius 1 is 1.40 bits per heavy atom. The molecule has 2 N–H and O–H groups in total. The second kappa shape index (κ2) is 6.23. The number of nitrogens with one attached hydrogen (secondary N) is 1. The molecule has 1 amide bonds. The highest BCUT2D eigenvalue weighted by molar-refractivity contribution is 5.95. The van der Waals surface area contributed by atoms with Crippen LogP contribution in [0.15, 0.2) is 36.7 Å². The first kappa shape index (κ1) is 14.1. The van der Waals surface area contributed by atoms with Gasteiger partial charge >= 0.3 is 5.97 Å². The summed E-state index contributed by atoms with van der Waals surface area (Å²) in [4.78, 5) is 23.1. The van der Waals surface area contributed by atoms with Crippen molar-refractivity contribution in [2.75, 3.05) is 6.54 Å². The zero-order valence-electron chi connectivity index (χ0n) is 11.4. The molecule has 1 atom stereocenters. The molecular formula is C15H18N2O3. The number of carbonyl (C=O) groups is 2. The quantitative estimate of drug-likeness (QED) is 0.848. The Kier molecular flexibility index (Phi) is 4.40. The Labute approximate surface area is 117 Å². The summed E-state index contributed by atoms with van der Waals surface area (Å²) in [6, 6.07) is 7.48. The zero-order valence-corrected chi connectivity index (χ0v) is 11.4. The van der Waals surface area contributed by atoms with E-state index in [4.69, 9.17) is 5.11 Å². The topological polar surface area (TPSA) is 70.8 Å². The van der Waals surface area contributed by atoms with Gasteiger partial charge in [-0.2, -0.15) is 0 Å². The Morgan fingerprint density at radius 2 is 2.20 bits per heavy atom. The Hall–Kier alpha value is -2.30. The van der Waals surface area contributed by atoms with Crippen molar-refractivity contribution in [2.24, 2.45) is 5.92 Å². The van der Waals surface area contributed by atoms with Gasteiger partial charge in [-0.3, -0.25) is 9.59 Å². The molecule has 0 aliphatic heterocycles. The van der Waals surface area contributed by atoms with Gasteiger partial charge in [-0.15, -0.1) is 0 Å². The van der Waals surface area contributed by atoms with Crippen LogP contribution < -0.4 is 5.32 Å². The first-order chi connectivity index (χ1) is 9.61. The number of nitrogens with zero attached hydrogens (tertiary/aromatic N) is 1. The van der Waals surface area contributed by atoms with Gasteiger partial charge in [0.1, 0.15) is 0 Å². The van der Waals surface area contributed by atoms with Crippen LogP contribution in [0.3, 0.4) is 0 Å². The number of carbonyl (C=O) groups excluding carboxylic acids is 1. The van der Waals surface area contributed by atoms with Crippen LogP contribution in [0.2, 0.25) is 0 Å². The normalized spacial score (nSPS) is 12.2. The molecule has 5 heteroatoms. The summed E-state index contributed by atoms with van der Waals surface area (Å²) in [7, 11) is 0. The van der Waals surface area contributed by atoms with Crippen LogP contribution in [0.1, 0.15) is 30.1 Å². The molecule has 0 fully saturated rings. The maximum atomic E-state index is 12.0. The average molecular weight is 274 g/mol. The molecule has 2 aromatic rings. The second-order valence-corrected chi connectivity index (χ2v) is 4.80. The van der Waals surface area contributed by atoms with Crippen molar-refractivity contribution in [3.05, 3.63) is 42.2 Å². The van der Waals surface area contributed by atoms with E-state index in [1.165, 1.54) is 0 Å². The number of amides is 1. The lowest BCUT2D eigenvalue weighted by Crippen LogP contribution is -2.32. The largest absolute Gasteiger partial charge is 0.481 e. The average Bonchev–Trinajstić information content (AvgIpc) is 2.86. The van der Waals surface area contributed by atoms with Gasteiger partial charge in [0.15, 0.2) is 0 Å². The van der Waals surface area contributed by atoms with Crippen LogP contribution in [0.4, 0.5) is 0 Å². The number of carboxylic acids is 1. The maximum absolute atomic E-state index is 12.0. The van der Waals surface area contributed by atoms with Gasteiger partial charge in [0.2, 0.25) is 0 Å². The fourth-order valence-electron chi connectivity index (χ4n) is 2.16. The third kappa shape index (κ3) is 3.17.